The van der Waals surface area contributed by atoms with Gasteiger partial charge in [0.2, 0.25) is 5.91 Å². The van der Waals surface area contributed by atoms with Crippen molar-refractivity contribution in [3.8, 4) is 22.8 Å². The molecular formula is C18H22N2O5S. The molecule has 0 saturated carbocycles. The summed E-state index contributed by atoms with van der Waals surface area (Å²) in [6, 6.07) is 5.36. The maximum atomic E-state index is 11.6. The molecule has 2 N–H and O–H groups in total. The van der Waals surface area contributed by atoms with Crippen LogP contribution < -0.4 is 14.8 Å². The van der Waals surface area contributed by atoms with Crippen LogP contribution in [0, 0.1) is 0 Å². The van der Waals surface area contributed by atoms with Gasteiger partial charge >= 0.3 is 5.97 Å². The van der Waals surface area contributed by atoms with Gasteiger partial charge in [0.05, 0.1) is 25.3 Å². The zero-order valence-electron chi connectivity index (χ0n) is 15.0. The Morgan fingerprint density at radius 1 is 1.15 bits per heavy atom. The van der Waals surface area contributed by atoms with Gasteiger partial charge in [-0.15, -0.1) is 11.3 Å². The minimum absolute atomic E-state index is 0.172. The molecule has 0 unspecified atom stereocenters. The lowest BCUT2D eigenvalue weighted by molar-refractivity contribution is -0.136. The molecular weight excluding hydrogens is 356 g/mol. The van der Waals surface area contributed by atoms with Crippen LogP contribution in [0.1, 0.15) is 32.1 Å². The zero-order chi connectivity index (χ0) is 19.1. The average molecular weight is 378 g/mol. The summed E-state index contributed by atoms with van der Waals surface area (Å²) in [7, 11) is 0. The summed E-state index contributed by atoms with van der Waals surface area (Å²) in [4.78, 5) is 27.8. The highest BCUT2D eigenvalue weighted by Gasteiger charge is 2.18. The summed E-state index contributed by atoms with van der Waals surface area (Å²) in [5.74, 6) is 0.0565. The number of carboxylic acid groups (broad SMARTS) is 1. The van der Waals surface area contributed by atoms with Crippen LogP contribution in [0.5, 0.6) is 11.5 Å². The van der Waals surface area contributed by atoms with Gasteiger partial charge < -0.3 is 19.9 Å². The maximum absolute atomic E-state index is 11.6. The minimum Gasteiger partial charge on any atom is -0.490 e. The molecule has 2 rings (SSSR count). The number of rotatable bonds is 9. The summed E-state index contributed by atoms with van der Waals surface area (Å²) < 4.78 is 11.2. The van der Waals surface area contributed by atoms with Crippen LogP contribution in [0.4, 0.5) is 5.13 Å². The normalized spacial score (nSPS) is 10.4. The van der Waals surface area contributed by atoms with Crippen molar-refractivity contribution in [2.75, 3.05) is 18.5 Å². The van der Waals surface area contributed by atoms with E-state index in [-0.39, 0.29) is 12.3 Å². The van der Waals surface area contributed by atoms with Gasteiger partial charge in [0.1, 0.15) is 0 Å². The Labute approximate surface area is 156 Å². The van der Waals surface area contributed by atoms with Crippen LogP contribution >= 0.6 is 11.3 Å². The van der Waals surface area contributed by atoms with Crippen LogP contribution in [0.25, 0.3) is 11.3 Å². The quantitative estimate of drug-likeness (QED) is 0.692. The number of aliphatic carboxylic acids is 1. The van der Waals surface area contributed by atoms with Crippen LogP contribution in [-0.4, -0.2) is 35.2 Å². The van der Waals surface area contributed by atoms with Crippen LogP contribution in [0.15, 0.2) is 18.2 Å². The summed E-state index contributed by atoms with van der Waals surface area (Å²) in [5, 5.41) is 12.2. The van der Waals surface area contributed by atoms with Gasteiger partial charge in [-0.05, 0) is 32.0 Å². The van der Waals surface area contributed by atoms with E-state index in [0.29, 0.717) is 52.4 Å². The number of aromatic nitrogens is 1. The molecule has 8 heteroatoms. The van der Waals surface area contributed by atoms with E-state index in [1.165, 1.54) is 0 Å². The average Bonchev–Trinajstić information content (AvgIpc) is 2.98. The fraction of sp³-hybridized carbons (Fsp3) is 0.389. The smallest absolute Gasteiger partial charge is 0.308 e. The lowest BCUT2D eigenvalue weighted by atomic mass is 10.1. The Hall–Kier alpha value is -2.61. The first-order valence-electron chi connectivity index (χ1n) is 8.39. The van der Waals surface area contributed by atoms with E-state index in [1.54, 1.807) is 25.1 Å². The molecule has 0 atom stereocenters. The molecule has 1 aromatic carbocycles. The van der Waals surface area contributed by atoms with E-state index in [9.17, 15) is 14.7 Å². The van der Waals surface area contributed by atoms with Gasteiger partial charge in [-0.1, -0.05) is 6.92 Å². The van der Waals surface area contributed by atoms with Crippen molar-refractivity contribution < 1.29 is 24.2 Å². The summed E-state index contributed by atoms with van der Waals surface area (Å²) >= 11 is 1.16. The van der Waals surface area contributed by atoms with Crippen LogP contribution in [0.3, 0.4) is 0 Å². The van der Waals surface area contributed by atoms with E-state index in [4.69, 9.17) is 9.47 Å². The van der Waals surface area contributed by atoms with Gasteiger partial charge in [0.15, 0.2) is 16.6 Å². The molecule has 0 bridgehead atoms. The van der Waals surface area contributed by atoms with Crippen molar-refractivity contribution in [2.24, 2.45) is 0 Å². The molecule has 0 radical (unpaired) electrons. The molecule has 0 fully saturated rings. The SMILES string of the molecule is CCOc1ccc(-c2nc(NC(=O)CC)sc2CC(=O)O)cc1OCC. The molecule has 0 aliphatic carbocycles. The first kappa shape index (κ1) is 19.7. The molecule has 1 aromatic heterocycles. The van der Waals surface area contributed by atoms with Crippen molar-refractivity contribution in [1.82, 2.24) is 4.98 Å². The predicted octanol–water partition coefficient (Wildman–Crippen LogP) is 3.58. The summed E-state index contributed by atoms with van der Waals surface area (Å²) in [6.45, 7) is 6.48. The molecule has 0 saturated heterocycles. The maximum Gasteiger partial charge on any atom is 0.308 e. The first-order valence-corrected chi connectivity index (χ1v) is 9.21. The number of anilines is 1. The van der Waals surface area contributed by atoms with Gasteiger partial charge in [-0.25, -0.2) is 4.98 Å². The zero-order valence-corrected chi connectivity index (χ0v) is 15.8. The van der Waals surface area contributed by atoms with Gasteiger partial charge in [-0.2, -0.15) is 0 Å². The molecule has 2 aromatic rings. The number of benzene rings is 1. The fourth-order valence-corrected chi connectivity index (χ4v) is 3.28. The number of carboxylic acids is 1. The lowest BCUT2D eigenvalue weighted by Crippen LogP contribution is -2.08. The number of nitrogens with one attached hydrogen (secondary N) is 1. The number of carbonyl (C=O) groups excluding carboxylic acids is 1. The van der Waals surface area contributed by atoms with E-state index < -0.39 is 5.97 Å². The molecule has 140 valence electrons. The van der Waals surface area contributed by atoms with Gasteiger partial charge in [-0.3, -0.25) is 9.59 Å². The second-order valence-electron chi connectivity index (χ2n) is 5.29. The van der Waals surface area contributed by atoms with E-state index in [2.05, 4.69) is 10.3 Å². The Morgan fingerprint density at radius 3 is 2.46 bits per heavy atom. The lowest BCUT2D eigenvalue weighted by Gasteiger charge is -2.12. The Kier molecular flexibility index (Phi) is 6.97. The third-order valence-electron chi connectivity index (χ3n) is 3.39. The number of amides is 1. The molecule has 7 nitrogen and oxygen atoms in total. The van der Waals surface area contributed by atoms with Gasteiger partial charge in [0, 0.05) is 16.9 Å². The number of carbonyl (C=O) groups is 2. The van der Waals surface area contributed by atoms with Crippen LogP contribution in [-0.2, 0) is 16.0 Å². The Morgan fingerprint density at radius 2 is 1.85 bits per heavy atom. The van der Waals surface area contributed by atoms with Crippen molar-refractivity contribution in [3.05, 3.63) is 23.1 Å². The third-order valence-corrected chi connectivity index (χ3v) is 4.36. The first-order chi connectivity index (χ1) is 12.5. The number of thiazole rings is 1. The minimum atomic E-state index is -0.959. The predicted molar refractivity (Wildman–Crippen MR) is 100 cm³/mol. The van der Waals surface area contributed by atoms with Crippen molar-refractivity contribution in [1.29, 1.82) is 0 Å². The molecule has 0 spiro atoms. The second-order valence-corrected chi connectivity index (χ2v) is 6.37. The summed E-state index contributed by atoms with van der Waals surface area (Å²) in [6.07, 6.45) is 0.146. The highest BCUT2D eigenvalue weighted by molar-refractivity contribution is 7.16. The van der Waals surface area contributed by atoms with Crippen LogP contribution in [0.2, 0.25) is 0 Å². The largest absolute Gasteiger partial charge is 0.490 e. The fourth-order valence-electron chi connectivity index (χ4n) is 2.29. The van der Waals surface area contributed by atoms with Gasteiger partial charge in [0.25, 0.3) is 0 Å². The van der Waals surface area contributed by atoms with Crippen molar-refractivity contribution in [3.63, 3.8) is 0 Å². The Balaban J connectivity index is 2.45. The highest BCUT2D eigenvalue weighted by Crippen LogP contribution is 2.37. The van der Waals surface area contributed by atoms with E-state index in [1.807, 2.05) is 13.8 Å². The molecule has 1 heterocycles. The van der Waals surface area contributed by atoms with Crippen molar-refractivity contribution >= 4 is 28.3 Å². The van der Waals surface area contributed by atoms with E-state index in [0.717, 1.165) is 11.3 Å². The highest BCUT2D eigenvalue weighted by atomic mass is 32.1. The van der Waals surface area contributed by atoms with E-state index >= 15 is 0 Å². The number of ether oxygens (including phenoxy) is 2. The number of hydrogen-bond acceptors (Lipinski definition) is 6. The summed E-state index contributed by atoms with van der Waals surface area (Å²) in [5.41, 5.74) is 1.23. The monoisotopic (exact) mass is 378 g/mol. The Bertz CT molecular complexity index is 788. The molecule has 0 aliphatic heterocycles. The standard InChI is InChI=1S/C18H22N2O5S/c1-4-15(21)19-18-20-17(14(26-18)10-16(22)23)11-7-8-12(24-5-2)13(9-11)25-6-3/h7-9H,4-6,10H2,1-3H3,(H,22,23)(H,19,20,21). The second kappa shape index (κ2) is 9.19. The van der Waals surface area contributed by atoms with Crippen molar-refractivity contribution in [2.45, 2.75) is 33.6 Å². The molecule has 0 aliphatic rings. The molecule has 26 heavy (non-hydrogen) atoms. The third kappa shape index (κ3) is 4.95. The molecule has 1 amide bonds. The topological polar surface area (TPSA) is 97.8 Å². The number of nitrogens with zero attached hydrogens (tertiary/aromatic N) is 1. The number of hydrogen-bond donors (Lipinski definition) is 2.